The van der Waals surface area contributed by atoms with Crippen molar-refractivity contribution >= 4 is 0 Å². The maximum Gasteiger partial charge on any atom is -0.0354 e. The Hall–Kier alpha value is 0. The molecule has 0 aromatic heterocycles. The van der Waals surface area contributed by atoms with Gasteiger partial charge in [-0.05, 0) is 42.9 Å². The molecule has 0 aromatic carbocycles. The van der Waals surface area contributed by atoms with Gasteiger partial charge in [-0.15, -0.1) is 0 Å². The van der Waals surface area contributed by atoms with Crippen molar-refractivity contribution in [2.75, 3.05) is 0 Å². The van der Waals surface area contributed by atoms with E-state index in [-0.39, 0.29) is 0 Å². The molecule has 0 heterocycles. The monoisotopic (exact) mass is 152 g/mol. The average molecular weight is 152 g/mol. The third-order valence-corrected chi connectivity index (χ3v) is 3.88. The summed E-state index contributed by atoms with van der Waals surface area (Å²) in [6.07, 6.45) is 7.55. The van der Waals surface area contributed by atoms with E-state index in [1.165, 1.54) is 30.6 Å². The third kappa shape index (κ3) is 1.21. The molecule has 3 saturated carbocycles. The molecular weight excluding hydrogens is 132 g/mol. The van der Waals surface area contributed by atoms with E-state index < -0.39 is 0 Å². The van der Waals surface area contributed by atoms with Crippen molar-refractivity contribution in [3.8, 4) is 0 Å². The van der Waals surface area contributed by atoms with Gasteiger partial charge in [0, 0.05) is 0 Å². The lowest BCUT2D eigenvalue weighted by atomic mass is 9.46. The van der Waals surface area contributed by atoms with Crippen LogP contribution in [0.25, 0.3) is 0 Å². The largest absolute Gasteiger partial charge is 0.0654 e. The van der Waals surface area contributed by atoms with Crippen LogP contribution in [0, 0.1) is 23.7 Å². The molecule has 64 valence electrons. The lowest BCUT2D eigenvalue weighted by Crippen LogP contribution is -2.50. The summed E-state index contributed by atoms with van der Waals surface area (Å²) in [4.78, 5) is 0. The van der Waals surface area contributed by atoms with Crippen LogP contribution in [0.4, 0.5) is 0 Å². The predicted octanol–water partition coefficient (Wildman–Crippen LogP) is 3.47. The summed E-state index contributed by atoms with van der Waals surface area (Å²) in [6, 6.07) is 0. The van der Waals surface area contributed by atoms with Crippen molar-refractivity contribution in [1.29, 1.82) is 0 Å². The zero-order valence-electron chi connectivity index (χ0n) is 7.84. The molecule has 0 saturated heterocycles. The standard InChI is InChI=1S/C11H20/c1-3-4-8(2)5-11-9-6-10(11)7-9/h8-11H,3-7H2,1-2H3. The van der Waals surface area contributed by atoms with E-state index in [2.05, 4.69) is 13.8 Å². The highest BCUT2D eigenvalue weighted by atomic mass is 14.6. The first-order chi connectivity index (χ1) is 5.31. The Balaban J connectivity index is 1.66. The van der Waals surface area contributed by atoms with Crippen molar-refractivity contribution in [3.63, 3.8) is 0 Å². The first kappa shape index (κ1) is 7.64. The Kier molecular flexibility index (Phi) is 1.95. The number of hydrogen-bond acceptors (Lipinski definition) is 0. The second kappa shape index (κ2) is 2.80. The molecule has 1 unspecified atom stereocenters. The van der Waals surface area contributed by atoms with E-state index in [1.807, 2.05) is 0 Å². The van der Waals surface area contributed by atoms with Gasteiger partial charge in [0.2, 0.25) is 0 Å². The Bertz CT molecular complexity index is 125. The lowest BCUT2D eigenvalue weighted by molar-refractivity contribution is -0.0924. The molecule has 3 aliphatic carbocycles. The second-order valence-corrected chi connectivity index (χ2v) is 4.78. The van der Waals surface area contributed by atoms with Gasteiger partial charge in [-0.2, -0.15) is 0 Å². The zero-order chi connectivity index (χ0) is 7.84. The molecule has 1 atom stereocenters. The molecule has 0 aliphatic heterocycles. The van der Waals surface area contributed by atoms with Crippen LogP contribution in [0.2, 0.25) is 0 Å². The Morgan fingerprint density at radius 1 is 1.27 bits per heavy atom. The van der Waals surface area contributed by atoms with Gasteiger partial charge in [0.05, 0.1) is 0 Å². The van der Waals surface area contributed by atoms with Crippen LogP contribution < -0.4 is 0 Å². The minimum atomic E-state index is 1.01. The zero-order valence-corrected chi connectivity index (χ0v) is 7.84. The SMILES string of the molecule is CCCC(C)CC1C2CC1C2. The van der Waals surface area contributed by atoms with Crippen molar-refractivity contribution in [2.24, 2.45) is 23.7 Å². The van der Waals surface area contributed by atoms with E-state index in [1.54, 1.807) is 19.3 Å². The van der Waals surface area contributed by atoms with Crippen LogP contribution in [-0.4, -0.2) is 0 Å². The van der Waals surface area contributed by atoms with E-state index in [0.717, 1.165) is 5.92 Å². The van der Waals surface area contributed by atoms with Crippen LogP contribution in [0.3, 0.4) is 0 Å². The van der Waals surface area contributed by atoms with Crippen LogP contribution in [0.5, 0.6) is 0 Å². The summed E-state index contributed by atoms with van der Waals surface area (Å²) >= 11 is 0. The average Bonchev–Trinajstić information content (AvgIpc) is 1.79. The maximum atomic E-state index is 2.43. The molecule has 0 radical (unpaired) electrons. The van der Waals surface area contributed by atoms with Gasteiger partial charge >= 0.3 is 0 Å². The van der Waals surface area contributed by atoms with Gasteiger partial charge < -0.3 is 0 Å². The Morgan fingerprint density at radius 3 is 2.27 bits per heavy atom. The van der Waals surface area contributed by atoms with Gasteiger partial charge in [-0.1, -0.05) is 26.7 Å². The fourth-order valence-electron chi connectivity index (χ4n) is 2.86. The van der Waals surface area contributed by atoms with E-state index >= 15 is 0 Å². The van der Waals surface area contributed by atoms with Crippen LogP contribution in [0.1, 0.15) is 46.0 Å². The molecule has 11 heavy (non-hydrogen) atoms. The van der Waals surface area contributed by atoms with Crippen molar-refractivity contribution < 1.29 is 0 Å². The maximum absolute atomic E-state index is 2.43. The number of hydrogen-bond donors (Lipinski definition) is 0. The molecule has 0 spiro atoms. The summed E-state index contributed by atoms with van der Waals surface area (Å²) in [5.41, 5.74) is 0. The van der Waals surface area contributed by atoms with E-state index in [9.17, 15) is 0 Å². The summed E-state index contributed by atoms with van der Waals surface area (Å²) in [5, 5.41) is 0. The van der Waals surface area contributed by atoms with Crippen molar-refractivity contribution in [3.05, 3.63) is 0 Å². The van der Waals surface area contributed by atoms with E-state index in [0.29, 0.717) is 0 Å². The minimum Gasteiger partial charge on any atom is -0.0654 e. The molecule has 3 rings (SSSR count). The van der Waals surface area contributed by atoms with Gasteiger partial charge in [0.15, 0.2) is 0 Å². The highest BCUT2D eigenvalue weighted by Crippen LogP contribution is 2.60. The number of rotatable bonds is 4. The topological polar surface area (TPSA) is 0 Å². The van der Waals surface area contributed by atoms with Crippen LogP contribution in [-0.2, 0) is 0 Å². The molecule has 3 aliphatic rings. The van der Waals surface area contributed by atoms with Crippen molar-refractivity contribution in [2.45, 2.75) is 46.0 Å². The molecule has 0 N–H and O–H groups in total. The second-order valence-electron chi connectivity index (χ2n) is 4.78. The Labute approximate surface area is 70.4 Å². The van der Waals surface area contributed by atoms with Crippen molar-refractivity contribution in [1.82, 2.24) is 0 Å². The summed E-state index contributed by atoms with van der Waals surface area (Å²) in [6.45, 7) is 4.74. The van der Waals surface area contributed by atoms with Gasteiger partial charge in [0.25, 0.3) is 0 Å². The van der Waals surface area contributed by atoms with E-state index in [4.69, 9.17) is 0 Å². The van der Waals surface area contributed by atoms with Gasteiger partial charge in [-0.3, -0.25) is 0 Å². The first-order valence-electron chi connectivity index (χ1n) is 5.31. The molecule has 2 bridgehead atoms. The van der Waals surface area contributed by atoms with Gasteiger partial charge in [0.1, 0.15) is 0 Å². The molecule has 0 nitrogen and oxygen atoms in total. The molecule has 3 fully saturated rings. The fraction of sp³-hybridized carbons (Fsp3) is 1.00. The normalized spacial score (nSPS) is 42.5. The Morgan fingerprint density at radius 2 is 1.91 bits per heavy atom. The highest BCUT2D eigenvalue weighted by molar-refractivity contribution is 5.01. The summed E-state index contributed by atoms with van der Waals surface area (Å²) in [5.74, 6) is 4.55. The summed E-state index contributed by atoms with van der Waals surface area (Å²) in [7, 11) is 0. The third-order valence-electron chi connectivity index (χ3n) is 3.88. The molecule has 0 amide bonds. The first-order valence-corrected chi connectivity index (χ1v) is 5.31. The quantitative estimate of drug-likeness (QED) is 0.578. The lowest BCUT2D eigenvalue weighted by Gasteiger charge is -2.59. The predicted molar refractivity (Wildman–Crippen MR) is 48.4 cm³/mol. The van der Waals surface area contributed by atoms with Crippen LogP contribution in [0.15, 0.2) is 0 Å². The molecule has 0 heteroatoms. The molecular formula is C11H20. The summed E-state index contributed by atoms with van der Waals surface area (Å²) < 4.78 is 0. The fourth-order valence-corrected chi connectivity index (χ4v) is 2.86. The van der Waals surface area contributed by atoms with Crippen LogP contribution >= 0.6 is 0 Å². The molecule has 0 aromatic rings. The minimum absolute atomic E-state index is 1.01. The van der Waals surface area contributed by atoms with Gasteiger partial charge in [-0.25, -0.2) is 0 Å². The smallest absolute Gasteiger partial charge is 0.0354 e. The highest BCUT2D eigenvalue weighted by Gasteiger charge is 2.51.